The van der Waals surface area contributed by atoms with Crippen molar-refractivity contribution in [3.63, 3.8) is 0 Å². The number of nitrogens with one attached hydrogen (secondary N) is 2. The van der Waals surface area contributed by atoms with Gasteiger partial charge >= 0.3 is 6.03 Å². The molecule has 0 atom stereocenters. The van der Waals surface area contributed by atoms with E-state index < -0.39 is 11.6 Å². The molecule has 2 N–H and O–H groups in total. The number of carbonyl (C=O) groups excluding carboxylic acids is 3. The molecule has 1 aliphatic carbocycles. The van der Waals surface area contributed by atoms with Gasteiger partial charge in [-0.1, -0.05) is 38.3 Å². The summed E-state index contributed by atoms with van der Waals surface area (Å²) in [5.41, 5.74) is 3.89. The quantitative estimate of drug-likeness (QED) is 0.682. The highest BCUT2D eigenvalue weighted by Gasteiger charge is 2.52. The summed E-state index contributed by atoms with van der Waals surface area (Å²) in [5, 5.41) is 3.67. The second-order valence-corrected chi connectivity index (χ2v) is 8.11. The van der Waals surface area contributed by atoms with Crippen LogP contribution in [0.25, 0.3) is 0 Å². The predicted octanol–water partition coefficient (Wildman–Crippen LogP) is 1.86. The van der Waals surface area contributed by atoms with Crippen LogP contribution in [0.15, 0.2) is 24.3 Å². The largest absolute Gasteiger partial charge is 0.378 e. The predicted molar refractivity (Wildman–Crippen MR) is 111 cm³/mol. The highest BCUT2D eigenvalue weighted by Crippen LogP contribution is 2.32. The molecule has 0 aromatic heterocycles. The van der Waals surface area contributed by atoms with E-state index in [4.69, 9.17) is 0 Å². The summed E-state index contributed by atoms with van der Waals surface area (Å²) in [6.45, 7) is 3.37. The first-order valence-corrected chi connectivity index (χ1v) is 10.3. The molecule has 2 aliphatic rings. The van der Waals surface area contributed by atoms with Crippen molar-refractivity contribution < 1.29 is 14.4 Å². The summed E-state index contributed by atoms with van der Waals surface area (Å²) < 4.78 is 0. The lowest BCUT2D eigenvalue weighted by atomic mass is 9.82. The molecule has 158 valence electrons. The molecule has 8 nitrogen and oxygen atoms in total. The maximum atomic E-state index is 12.8. The zero-order valence-electron chi connectivity index (χ0n) is 17.5. The van der Waals surface area contributed by atoms with Gasteiger partial charge in [0.05, 0.1) is 6.54 Å². The van der Waals surface area contributed by atoms with Crippen LogP contribution < -0.4 is 15.6 Å². The Labute approximate surface area is 172 Å². The molecule has 1 saturated carbocycles. The molecule has 1 aromatic carbocycles. The summed E-state index contributed by atoms with van der Waals surface area (Å²) in [6.07, 6.45) is 4.15. The number of anilines is 1. The van der Waals surface area contributed by atoms with Gasteiger partial charge in [0, 0.05) is 26.3 Å². The number of benzene rings is 1. The Balaban J connectivity index is 1.57. The maximum Gasteiger partial charge on any atom is 0.344 e. The monoisotopic (exact) mass is 401 g/mol. The fraction of sp³-hybridized carbons (Fsp3) is 0.571. The lowest BCUT2D eigenvalue weighted by Crippen LogP contribution is -2.52. The number of hydrogen-bond acceptors (Lipinski definition) is 5. The van der Waals surface area contributed by atoms with Crippen molar-refractivity contribution in [3.8, 4) is 0 Å². The SMILES string of the molecule is CCN(CC(=O)NN1C(=O)NC2(CCCCC2)C1=O)Cc1ccc(N(C)C)cc1. The van der Waals surface area contributed by atoms with E-state index in [1.807, 2.05) is 55.1 Å². The van der Waals surface area contributed by atoms with Crippen molar-refractivity contribution in [2.75, 3.05) is 32.1 Å². The third kappa shape index (κ3) is 4.70. The van der Waals surface area contributed by atoms with Crippen LogP contribution in [-0.2, 0) is 16.1 Å². The molecule has 1 spiro atoms. The number of rotatable bonds is 7. The molecule has 4 amide bonds. The summed E-state index contributed by atoms with van der Waals surface area (Å²) >= 11 is 0. The van der Waals surface area contributed by atoms with Crippen LogP contribution in [0.4, 0.5) is 10.5 Å². The third-order valence-corrected chi connectivity index (χ3v) is 5.78. The van der Waals surface area contributed by atoms with Gasteiger partial charge in [0.2, 0.25) is 0 Å². The number of nitrogens with zero attached hydrogens (tertiary/aromatic N) is 3. The number of hydrogen-bond donors (Lipinski definition) is 2. The van der Waals surface area contributed by atoms with Crippen molar-refractivity contribution in [3.05, 3.63) is 29.8 Å². The molecule has 8 heteroatoms. The average Bonchev–Trinajstić information content (AvgIpc) is 2.92. The first kappa shape index (κ1) is 21.1. The van der Waals surface area contributed by atoms with Gasteiger partial charge in [0.1, 0.15) is 5.54 Å². The molecule has 1 aromatic rings. The molecule has 1 heterocycles. The first-order chi connectivity index (χ1) is 13.8. The summed E-state index contributed by atoms with van der Waals surface area (Å²) in [7, 11) is 3.98. The summed E-state index contributed by atoms with van der Waals surface area (Å²) in [5.74, 6) is -0.703. The Hall–Kier alpha value is -2.61. The highest BCUT2D eigenvalue weighted by atomic mass is 16.2. The highest BCUT2D eigenvalue weighted by molar-refractivity contribution is 6.08. The van der Waals surface area contributed by atoms with E-state index in [0.29, 0.717) is 25.9 Å². The molecular weight excluding hydrogens is 370 g/mol. The first-order valence-electron chi connectivity index (χ1n) is 10.3. The average molecular weight is 402 g/mol. The van der Waals surface area contributed by atoms with Gasteiger partial charge in [-0.2, -0.15) is 5.01 Å². The molecule has 0 unspecified atom stereocenters. The van der Waals surface area contributed by atoms with E-state index in [0.717, 1.165) is 35.5 Å². The zero-order chi connectivity index (χ0) is 21.0. The van der Waals surface area contributed by atoms with Gasteiger partial charge in [-0.15, -0.1) is 0 Å². The molecule has 29 heavy (non-hydrogen) atoms. The number of likely N-dealkylation sites (N-methyl/N-ethyl adjacent to an activating group) is 1. The Morgan fingerprint density at radius 3 is 2.38 bits per heavy atom. The molecule has 2 fully saturated rings. The van der Waals surface area contributed by atoms with Gasteiger partial charge in [0.15, 0.2) is 0 Å². The topological polar surface area (TPSA) is 85.0 Å². The van der Waals surface area contributed by atoms with Crippen molar-refractivity contribution in [2.24, 2.45) is 0 Å². The molecule has 1 saturated heterocycles. The van der Waals surface area contributed by atoms with Gasteiger partial charge in [0.25, 0.3) is 11.8 Å². The van der Waals surface area contributed by atoms with E-state index in [9.17, 15) is 14.4 Å². The Bertz CT molecular complexity index is 756. The van der Waals surface area contributed by atoms with Crippen LogP contribution in [0.3, 0.4) is 0 Å². The number of amides is 4. The van der Waals surface area contributed by atoms with Crippen LogP contribution in [0, 0.1) is 0 Å². The van der Waals surface area contributed by atoms with Crippen LogP contribution in [-0.4, -0.2) is 60.5 Å². The van der Waals surface area contributed by atoms with Gasteiger partial charge in [-0.05, 0) is 37.1 Å². The normalized spacial score (nSPS) is 18.3. The van der Waals surface area contributed by atoms with Crippen LogP contribution in [0.5, 0.6) is 0 Å². The third-order valence-electron chi connectivity index (χ3n) is 5.78. The Kier molecular flexibility index (Phi) is 6.42. The number of hydrazine groups is 1. The molecule has 0 bridgehead atoms. The van der Waals surface area contributed by atoms with Gasteiger partial charge in [-0.3, -0.25) is 19.9 Å². The van der Waals surface area contributed by atoms with E-state index in [1.165, 1.54) is 0 Å². The second-order valence-electron chi connectivity index (χ2n) is 8.11. The van der Waals surface area contributed by atoms with Crippen LogP contribution >= 0.6 is 0 Å². The zero-order valence-corrected chi connectivity index (χ0v) is 17.5. The smallest absolute Gasteiger partial charge is 0.344 e. The van der Waals surface area contributed by atoms with E-state index >= 15 is 0 Å². The van der Waals surface area contributed by atoms with Gasteiger partial charge < -0.3 is 10.2 Å². The van der Waals surface area contributed by atoms with Crippen molar-refractivity contribution in [1.29, 1.82) is 0 Å². The summed E-state index contributed by atoms with van der Waals surface area (Å²) in [6, 6.07) is 7.63. The Morgan fingerprint density at radius 2 is 1.79 bits per heavy atom. The van der Waals surface area contributed by atoms with Crippen molar-refractivity contribution in [2.45, 2.75) is 51.1 Å². The van der Waals surface area contributed by atoms with E-state index in [2.05, 4.69) is 10.7 Å². The minimum atomic E-state index is -0.832. The van der Waals surface area contributed by atoms with Crippen LogP contribution in [0.2, 0.25) is 0 Å². The Morgan fingerprint density at radius 1 is 1.14 bits per heavy atom. The second kappa shape index (κ2) is 8.82. The number of urea groups is 1. The fourth-order valence-corrected chi connectivity index (χ4v) is 4.02. The molecule has 3 rings (SSSR count). The lowest BCUT2D eigenvalue weighted by Gasteiger charge is -2.30. The summed E-state index contributed by atoms with van der Waals surface area (Å²) in [4.78, 5) is 41.6. The minimum Gasteiger partial charge on any atom is -0.378 e. The molecule has 0 radical (unpaired) electrons. The maximum absolute atomic E-state index is 12.8. The lowest BCUT2D eigenvalue weighted by molar-refractivity contribution is -0.140. The standard InChI is InChI=1S/C21H31N5O3/c1-4-25(14-16-8-10-17(11-9-16)24(2)3)15-18(27)23-26-19(28)21(22-20(26)29)12-6-5-7-13-21/h8-11H,4-7,12-15H2,1-3H3,(H,22,29)(H,23,27). The van der Waals surface area contributed by atoms with E-state index in [1.54, 1.807) is 0 Å². The number of carbonyl (C=O) groups is 3. The van der Waals surface area contributed by atoms with Crippen LogP contribution in [0.1, 0.15) is 44.6 Å². The van der Waals surface area contributed by atoms with Crippen molar-refractivity contribution >= 4 is 23.5 Å². The minimum absolute atomic E-state index is 0.107. The van der Waals surface area contributed by atoms with E-state index in [-0.39, 0.29) is 18.4 Å². The fourth-order valence-electron chi connectivity index (χ4n) is 4.02. The van der Waals surface area contributed by atoms with Gasteiger partial charge in [-0.25, -0.2) is 4.79 Å². The van der Waals surface area contributed by atoms with Crippen molar-refractivity contribution in [1.82, 2.24) is 20.7 Å². The molecule has 1 aliphatic heterocycles. The molecular formula is C21H31N5O3. The number of imide groups is 1.